The minimum Gasteiger partial charge on any atom is -0.362 e. The van der Waals surface area contributed by atoms with E-state index in [1.807, 2.05) is 0 Å². The number of hydrogen-bond acceptors (Lipinski definition) is 3. The average Bonchev–Trinajstić information content (AvgIpc) is 2.19. The molecule has 1 rings (SSSR count). The summed E-state index contributed by atoms with van der Waals surface area (Å²) in [6.45, 7) is 8.99. The molecule has 4 heteroatoms. The molecule has 15 heavy (non-hydrogen) atoms. The Balaban J connectivity index is 2.90. The van der Waals surface area contributed by atoms with Crippen molar-refractivity contribution in [2.45, 2.75) is 20.4 Å². The van der Waals surface area contributed by atoms with E-state index in [2.05, 4.69) is 30.7 Å². The van der Waals surface area contributed by atoms with E-state index in [4.69, 9.17) is 0 Å². The number of nitrogens with one attached hydrogen (secondary N) is 1. The Hall–Kier alpha value is -1.58. The molecule has 0 unspecified atom stereocenters. The molecule has 0 aliphatic rings. The van der Waals surface area contributed by atoms with Gasteiger partial charge in [-0.3, -0.25) is 4.79 Å². The van der Waals surface area contributed by atoms with Gasteiger partial charge in [0, 0.05) is 25.5 Å². The SMILES string of the molecule is C=CCNc1nccn(CC(C)C)c1=O. The van der Waals surface area contributed by atoms with E-state index in [0.29, 0.717) is 24.8 Å². The molecule has 0 spiro atoms. The third-order valence-electron chi connectivity index (χ3n) is 1.89. The van der Waals surface area contributed by atoms with Gasteiger partial charge in [0.15, 0.2) is 5.82 Å². The molecule has 1 heterocycles. The summed E-state index contributed by atoms with van der Waals surface area (Å²) in [7, 11) is 0. The lowest BCUT2D eigenvalue weighted by molar-refractivity contribution is 0.510. The fourth-order valence-electron chi connectivity index (χ4n) is 1.27. The topological polar surface area (TPSA) is 46.9 Å². The molecule has 1 aromatic heterocycles. The fraction of sp³-hybridized carbons (Fsp3) is 0.455. The standard InChI is InChI=1S/C11H17N3O/c1-4-5-12-10-11(15)14(7-6-13-10)8-9(2)3/h4,6-7,9H,1,5,8H2,2-3H3,(H,12,13). The Morgan fingerprint density at radius 1 is 1.67 bits per heavy atom. The minimum absolute atomic E-state index is 0.0759. The molecule has 1 aromatic rings. The Morgan fingerprint density at radius 2 is 2.40 bits per heavy atom. The highest BCUT2D eigenvalue weighted by Crippen LogP contribution is 1.98. The molecule has 0 bridgehead atoms. The lowest BCUT2D eigenvalue weighted by Crippen LogP contribution is -2.26. The summed E-state index contributed by atoms with van der Waals surface area (Å²) in [4.78, 5) is 15.8. The summed E-state index contributed by atoms with van der Waals surface area (Å²) in [6.07, 6.45) is 5.04. The second-order valence-electron chi connectivity index (χ2n) is 3.80. The van der Waals surface area contributed by atoms with E-state index < -0.39 is 0 Å². The molecule has 1 N–H and O–H groups in total. The maximum atomic E-state index is 11.8. The summed E-state index contributed by atoms with van der Waals surface area (Å²) in [5.74, 6) is 0.829. The highest BCUT2D eigenvalue weighted by atomic mass is 16.1. The highest BCUT2D eigenvalue weighted by Gasteiger charge is 2.04. The van der Waals surface area contributed by atoms with Crippen molar-refractivity contribution in [2.24, 2.45) is 5.92 Å². The van der Waals surface area contributed by atoms with Crippen LogP contribution in [0.4, 0.5) is 5.82 Å². The minimum atomic E-state index is -0.0759. The molecule has 4 nitrogen and oxygen atoms in total. The van der Waals surface area contributed by atoms with Crippen LogP contribution < -0.4 is 10.9 Å². The first-order chi connectivity index (χ1) is 7.15. The van der Waals surface area contributed by atoms with Crippen LogP contribution in [0.15, 0.2) is 29.8 Å². The van der Waals surface area contributed by atoms with Crippen molar-refractivity contribution in [1.82, 2.24) is 9.55 Å². The van der Waals surface area contributed by atoms with Crippen LogP contribution in [-0.4, -0.2) is 16.1 Å². The summed E-state index contributed by atoms with van der Waals surface area (Å²) < 4.78 is 1.67. The van der Waals surface area contributed by atoms with Crippen LogP contribution in [0.2, 0.25) is 0 Å². The second kappa shape index (κ2) is 5.34. The van der Waals surface area contributed by atoms with Crippen molar-refractivity contribution in [3.8, 4) is 0 Å². The van der Waals surface area contributed by atoms with Crippen molar-refractivity contribution < 1.29 is 0 Å². The lowest BCUT2D eigenvalue weighted by Gasteiger charge is -2.09. The van der Waals surface area contributed by atoms with Crippen LogP contribution in [0, 0.1) is 5.92 Å². The predicted molar refractivity (Wildman–Crippen MR) is 62.0 cm³/mol. The first kappa shape index (κ1) is 11.5. The molecule has 0 saturated carbocycles. The van der Waals surface area contributed by atoms with Crippen LogP contribution >= 0.6 is 0 Å². The van der Waals surface area contributed by atoms with Crippen molar-refractivity contribution in [3.63, 3.8) is 0 Å². The predicted octanol–water partition coefficient (Wildman–Crippen LogP) is 1.50. The van der Waals surface area contributed by atoms with E-state index in [1.54, 1.807) is 23.0 Å². The highest BCUT2D eigenvalue weighted by molar-refractivity contribution is 5.31. The van der Waals surface area contributed by atoms with Crippen molar-refractivity contribution in [2.75, 3.05) is 11.9 Å². The quantitative estimate of drug-likeness (QED) is 0.744. The zero-order valence-electron chi connectivity index (χ0n) is 9.23. The Morgan fingerprint density at radius 3 is 3.00 bits per heavy atom. The van der Waals surface area contributed by atoms with Gasteiger partial charge in [-0.15, -0.1) is 6.58 Å². The average molecular weight is 207 g/mol. The van der Waals surface area contributed by atoms with E-state index in [0.717, 1.165) is 0 Å². The third-order valence-corrected chi connectivity index (χ3v) is 1.89. The van der Waals surface area contributed by atoms with Gasteiger partial charge in [-0.1, -0.05) is 19.9 Å². The zero-order valence-corrected chi connectivity index (χ0v) is 9.23. The van der Waals surface area contributed by atoms with Crippen molar-refractivity contribution in [1.29, 1.82) is 0 Å². The van der Waals surface area contributed by atoms with Gasteiger partial charge in [0.05, 0.1) is 0 Å². The molecule has 82 valence electrons. The van der Waals surface area contributed by atoms with E-state index in [1.165, 1.54) is 0 Å². The maximum absolute atomic E-state index is 11.8. The summed E-state index contributed by atoms with van der Waals surface area (Å²) >= 11 is 0. The van der Waals surface area contributed by atoms with Crippen LogP contribution in [0.5, 0.6) is 0 Å². The molecule has 0 aliphatic carbocycles. The third kappa shape index (κ3) is 3.23. The van der Waals surface area contributed by atoms with E-state index >= 15 is 0 Å². The van der Waals surface area contributed by atoms with Gasteiger partial charge in [-0.25, -0.2) is 4.98 Å². The van der Waals surface area contributed by atoms with Crippen LogP contribution in [0.25, 0.3) is 0 Å². The van der Waals surface area contributed by atoms with Gasteiger partial charge in [-0.2, -0.15) is 0 Å². The molecular weight excluding hydrogens is 190 g/mol. The largest absolute Gasteiger partial charge is 0.362 e. The Kier molecular flexibility index (Phi) is 4.09. The number of anilines is 1. The van der Waals surface area contributed by atoms with Crippen LogP contribution in [0.3, 0.4) is 0 Å². The monoisotopic (exact) mass is 207 g/mol. The Labute approximate surface area is 89.7 Å². The van der Waals surface area contributed by atoms with Gasteiger partial charge < -0.3 is 9.88 Å². The molecule has 0 fully saturated rings. The number of hydrogen-bond donors (Lipinski definition) is 1. The zero-order chi connectivity index (χ0) is 11.3. The van der Waals surface area contributed by atoms with Gasteiger partial charge in [-0.05, 0) is 5.92 Å². The first-order valence-corrected chi connectivity index (χ1v) is 5.05. The molecule has 0 aliphatic heterocycles. The molecule has 0 aromatic carbocycles. The normalized spacial score (nSPS) is 10.3. The van der Waals surface area contributed by atoms with Gasteiger partial charge in [0.25, 0.3) is 5.56 Å². The number of nitrogens with zero attached hydrogens (tertiary/aromatic N) is 2. The molecule has 0 radical (unpaired) electrons. The summed E-state index contributed by atoms with van der Waals surface area (Å²) in [6, 6.07) is 0. The van der Waals surface area contributed by atoms with Crippen molar-refractivity contribution >= 4 is 5.82 Å². The number of rotatable bonds is 5. The van der Waals surface area contributed by atoms with Crippen molar-refractivity contribution in [3.05, 3.63) is 35.4 Å². The number of aromatic nitrogens is 2. The van der Waals surface area contributed by atoms with Gasteiger partial charge in [0.2, 0.25) is 0 Å². The molecule has 0 atom stereocenters. The van der Waals surface area contributed by atoms with Crippen LogP contribution in [0.1, 0.15) is 13.8 Å². The first-order valence-electron chi connectivity index (χ1n) is 5.05. The lowest BCUT2D eigenvalue weighted by atomic mass is 10.2. The molecular formula is C11H17N3O. The smallest absolute Gasteiger partial charge is 0.293 e. The molecule has 0 amide bonds. The second-order valence-corrected chi connectivity index (χ2v) is 3.80. The Bertz CT molecular complexity index is 382. The summed E-state index contributed by atoms with van der Waals surface area (Å²) in [5.41, 5.74) is -0.0759. The fourth-order valence-corrected chi connectivity index (χ4v) is 1.27. The van der Waals surface area contributed by atoms with Gasteiger partial charge >= 0.3 is 0 Å². The maximum Gasteiger partial charge on any atom is 0.293 e. The van der Waals surface area contributed by atoms with Gasteiger partial charge in [0.1, 0.15) is 0 Å². The summed E-state index contributed by atoms with van der Waals surface area (Å²) in [5, 5.41) is 2.91. The van der Waals surface area contributed by atoms with E-state index in [9.17, 15) is 4.79 Å². The van der Waals surface area contributed by atoms with Crippen LogP contribution in [-0.2, 0) is 6.54 Å². The molecule has 0 saturated heterocycles. The van der Waals surface area contributed by atoms with E-state index in [-0.39, 0.29) is 5.56 Å².